The van der Waals surface area contributed by atoms with Crippen LogP contribution in [0.15, 0.2) is 0 Å². The van der Waals surface area contributed by atoms with Crippen LogP contribution in [0.4, 0.5) is 0 Å². The van der Waals surface area contributed by atoms with Gasteiger partial charge in [-0.1, -0.05) is 19.8 Å². The van der Waals surface area contributed by atoms with Gasteiger partial charge >= 0.3 is 0 Å². The van der Waals surface area contributed by atoms with Crippen molar-refractivity contribution in [1.29, 1.82) is 0 Å². The fourth-order valence-corrected chi connectivity index (χ4v) is 3.86. The normalized spacial score (nSPS) is 34.5. The Morgan fingerprint density at radius 1 is 1.35 bits per heavy atom. The zero-order chi connectivity index (χ0) is 14.6. The number of likely N-dealkylation sites (tertiary alicyclic amines) is 1. The molecule has 0 spiro atoms. The Morgan fingerprint density at radius 3 is 2.85 bits per heavy atom. The lowest BCUT2D eigenvalue weighted by Crippen LogP contribution is -2.51. The summed E-state index contributed by atoms with van der Waals surface area (Å²) in [7, 11) is 0. The Labute approximate surface area is 122 Å². The molecule has 2 fully saturated rings. The molecule has 0 aromatic rings. The molecule has 1 aliphatic heterocycles. The molecule has 2 rings (SSSR count). The molecule has 116 valence electrons. The predicted molar refractivity (Wildman–Crippen MR) is 78.4 cm³/mol. The summed E-state index contributed by atoms with van der Waals surface area (Å²) >= 11 is 0. The highest BCUT2D eigenvalue weighted by atomic mass is 16.5. The van der Waals surface area contributed by atoms with Crippen LogP contribution in [0.1, 0.15) is 58.8 Å². The van der Waals surface area contributed by atoms with Crippen molar-refractivity contribution in [3.63, 3.8) is 0 Å². The molecular weight excluding hydrogens is 254 g/mol. The van der Waals surface area contributed by atoms with E-state index in [1.54, 1.807) is 0 Å². The second-order valence-corrected chi connectivity index (χ2v) is 6.56. The molecule has 0 aromatic heterocycles. The van der Waals surface area contributed by atoms with Gasteiger partial charge in [0.15, 0.2) is 0 Å². The van der Waals surface area contributed by atoms with Crippen molar-refractivity contribution in [3.8, 4) is 0 Å². The van der Waals surface area contributed by atoms with Crippen LogP contribution in [0, 0.1) is 5.92 Å². The lowest BCUT2D eigenvalue weighted by atomic mass is 9.72. The van der Waals surface area contributed by atoms with E-state index in [9.17, 15) is 9.90 Å². The molecule has 0 aromatic carbocycles. The summed E-state index contributed by atoms with van der Waals surface area (Å²) in [5.41, 5.74) is -0.615. The van der Waals surface area contributed by atoms with E-state index < -0.39 is 5.60 Å². The first-order valence-corrected chi connectivity index (χ1v) is 8.16. The van der Waals surface area contributed by atoms with E-state index in [0.29, 0.717) is 6.61 Å². The quantitative estimate of drug-likeness (QED) is 0.788. The number of hydrogen-bond donors (Lipinski definition) is 1. The highest BCUT2D eigenvalue weighted by Gasteiger charge is 2.44. The van der Waals surface area contributed by atoms with Crippen molar-refractivity contribution in [3.05, 3.63) is 0 Å². The van der Waals surface area contributed by atoms with Crippen LogP contribution in [0.2, 0.25) is 0 Å². The van der Waals surface area contributed by atoms with Gasteiger partial charge in [0.05, 0.1) is 5.60 Å². The molecule has 0 bridgehead atoms. The standard InChI is InChI=1S/C16H29NO3/c1-3-11-20-12-15(18)17-10-6-8-14(17)13-7-4-5-9-16(13,2)19/h13-14,19H,3-12H2,1-2H3/t13-,14+,16+/m0/s1. The molecule has 0 radical (unpaired) electrons. The van der Waals surface area contributed by atoms with Gasteiger partial charge in [0, 0.05) is 25.1 Å². The highest BCUT2D eigenvalue weighted by molar-refractivity contribution is 5.78. The van der Waals surface area contributed by atoms with Crippen molar-refractivity contribution >= 4 is 5.91 Å². The number of nitrogens with zero attached hydrogens (tertiary/aromatic N) is 1. The summed E-state index contributed by atoms with van der Waals surface area (Å²) in [4.78, 5) is 14.3. The molecule has 0 unspecified atom stereocenters. The third-order valence-corrected chi connectivity index (χ3v) is 4.90. The average Bonchev–Trinajstić information content (AvgIpc) is 2.87. The maximum atomic E-state index is 12.3. The van der Waals surface area contributed by atoms with E-state index >= 15 is 0 Å². The van der Waals surface area contributed by atoms with Gasteiger partial charge in [0.2, 0.25) is 5.91 Å². The molecule has 2 aliphatic rings. The maximum absolute atomic E-state index is 12.3. The molecule has 1 amide bonds. The minimum Gasteiger partial charge on any atom is -0.390 e. The number of ether oxygens (including phenoxy) is 1. The van der Waals surface area contributed by atoms with Crippen molar-refractivity contribution in [2.75, 3.05) is 19.8 Å². The largest absolute Gasteiger partial charge is 0.390 e. The summed E-state index contributed by atoms with van der Waals surface area (Å²) < 4.78 is 5.39. The Morgan fingerprint density at radius 2 is 2.15 bits per heavy atom. The van der Waals surface area contributed by atoms with Crippen molar-refractivity contribution in [2.45, 2.75) is 70.4 Å². The molecule has 1 aliphatic carbocycles. The first-order chi connectivity index (χ1) is 9.56. The molecule has 1 N–H and O–H groups in total. The lowest BCUT2D eigenvalue weighted by Gasteiger charge is -2.43. The van der Waals surface area contributed by atoms with E-state index in [1.165, 1.54) is 6.42 Å². The van der Waals surface area contributed by atoms with Gasteiger partial charge in [0.1, 0.15) is 6.61 Å². The predicted octanol–water partition coefficient (Wildman–Crippen LogP) is 2.35. The average molecular weight is 283 g/mol. The van der Waals surface area contributed by atoms with Crippen LogP contribution < -0.4 is 0 Å². The van der Waals surface area contributed by atoms with Crippen molar-refractivity contribution < 1.29 is 14.6 Å². The fourth-order valence-electron chi connectivity index (χ4n) is 3.86. The molecule has 1 heterocycles. The maximum Gasteiger partial charge on any atom is 0.248 e. The van der Waals surface area contributed by atoms with Crippen LogP contribution in [-0.2, 0) is 9.53 Å². The van der Waals surface area contributed by atoms with Gasteiger partial charge in [-0.15, -0.1) is 0 Å². The van der Waals surface area contributed by atoms with Crippen LogP contribution in [0.3, 0.4) is 0 Å². The van der Waals surface area contributed by atoms with E-state index in [-0.39, 0.29) is 24.5 Å². The van der Waals surface area contributed by atoms with Gasteiger partial charge in [0.25, 0.3) is 0 Å². The molecule has 20 heavy (non-hydrogen) atoms. The SMILES string of the molecule is CCCOCC(=O)N1CCC[C@@H]1[C@@H]1CCCC[C@@]1(C)O. The van der Waals surface area contributed by atoms with E-state index in [4.69, 9.17) is 4.74 Å². The summed E-state index contributed by atoms with van der Waals surface area (Å²) in [5.74, 6) is 0.330. The zero-order valence-electron chi connectivity index (χ0n) is 12.9. The Balaban J connectivity index is 1.97. The number of hydrogen-bond acceptors (Lipinski definition) is 3. The molecule has 4 heteroatoms. The molecule has 3 atom stereocenters. The van der Waals surface area contributed by atoms with E-state index in [0.717, 1.165) is 45.1 Å². The summed E-state index contributed by atoms with van der Waals surface area (Å²) in [6.45, 7) is 5.66. The molecule has 4 nitrogen and oxygen atoms in total. The van der Waals surface area contributed by atoms with Gasteiger partial charge in [-0.3, -0.25) is 4.79 Å². The zero-order valence-corrected chi connectivity index (χ0v) is 12.9. The Kier molecular flexibility index (Phi) is 5.44. The topological polar surface area (TPSA) is 49.8 Å². The minimum absolute atomic E-state index is 0.0994. The number of amides is 1. The Hall–Kier alpha value is -0.610. The second kappa shape index (κ2) is 6.90. The summed E-state index contributed by atoms with van der Waals surface area (Å²) in [6.07, 6.45) is 7.19. The number of rotatable bonds is 5. The lowest BCUT2D eigenvalue weighted by molar-refractivity contribution is -0.141. The van der Waals surface area contributed by atoms with Crippen LogP contribution >= 0.6 is 0 Å². The van der Waals surface area contributed by atoms with Gasteiger partial charge in [-0.05, 0) is 39.0 Å². The number of carbonyl (C=O) groups excluding carboxylic acids is 1. The van der Waals surface area contributed by atoms with Gasteiger partial charge in [-0.25, -0.2) is 0 Å². The fraction of sp³-hybridized carbons (Fsp3) is 0.938. The number of aliphatic hydroxyl groups is 1. The van der Waals surface area contributed by atoms with Gasteiger partial charge < -0.3 is 14.7 Å². The molecule has 1 saturated heterocycles. The number of carbonyl (C=O) groups is 1. The third-order valence-electron chi connectivity index (χ3n) is 4.90. The summed E-state index contributed by atoms with van der Waals surface area (Å²) in [6, 6.07) is 0.211. The first kappa shape index (κ1) is 15.8. The smallest absolute Gasteiger partial charge is 0.248 e. The van der Waals surface area contributed by atoms with Crippen LogP contribution in [0.25, 0.3) is 0 Å². The first-order valence-electron chi connectivity index (χ1n) is 8.16. The van der Waals surface area contributed by atoms with E-state index in [1.807, 2.05) is 18.7 Å². The monoisotopic (exact) mass is 283 g/mol. The summed E-state index contributed by atoms with van der Waals surface area (Å²) in [5, 5.41) is 10.6. The van der Waals surface area contributed by atoms with Crippen LogP contribution in [0.5, 0.6) is 0 Å². The van der Waals surface area contributed by atoms with Crippen LogP contribution in [-0.4, -0.2) is 47.3 Å². The van der Waals surface area contributed by atoms with Crippen molar-refractivity contribution in [1.82, 2.24) is 4.90 Å². The van der Waals surface area contributed by atoms with Gasteiger partial charge in [-0.2, -0.15) is 0 Å². The van der Waals surface area contributed by atoms with E-state index in [2.05, 4.69) is 0 Å². The minimum atomic E-state index is -0.615. The highest BCUT2D eigenvalue weighted by Crippen LogP contribution is 2.40. The third kappa shape index (κ3) is 3.53. The molecular formula is C16H29NO3. The second-order valence-electron chi connectivity index (χ2n) is 6.56. The Bertz CT molecular complexity index is 330. The van der Waals surface area contributed by atoms with Crippen molar-refractivity contribution in [2.24, 2.45) is 5.92 Å². The molecule has 1 saturated carbocycles.